The molecular weight excluding hydrogens is 328 g/mol. The van der Waals surface area contributed by atoms with E-state index < -0.39 is 0 Å². The molecule has 1 atom stereocenters. The Hall–Kier alpha value is -2.96. The van der Waals surface area contributed by atoms with Gasteiger partial charge in [0.1, 0.15) is 5.82 Å². The topological polar surface area (TPSA) is 95.6 Å². The molecule has 3 aromatic heterocycles. The lowest BCUT2D eigenvalue weighted by Gasteiger charge is -2.20. The number of pyridine rings is 2. The second-order valence-corrected chi connectivity index (χ2v) is 6.88. The number of nitrogens with zero attached hydrogens (tertiary/aromatic N) is 3. The number of hydrogen-bond donors (Lipinski definition) is 3. The quantitative estimate of drug-likeness (QED) is 0.668. The summed E-state index contributed by atoms with van der Waals surface area (Å²) in [5.41, 5.74) is 3.38. The molecular formula is C19H22N6O. The van der Waals surface area contributed by atoms with Crippen molar-refractivity contribution >= 4 is 22.9 Å². The highest BCUT2D eigenvalue weighted by atomic mass is 16.2. The molecule has 134 valence electrons. The Bertz CT molecular complexity index is 902. The van der Waals surface area contributed by atoms with E-state index in [9.17, 15) is 4.79 Å². The first kappa shape index (κ1) is 16.5. The lowest BCUT2D eigenvalue weighted by molar-refractivity contribution is 0.244. The monoisotopic (exact) mass is 350 g/mol. The number of aromatic amines is 1. The molecule has 0 radical (unpaired) electrons. The van der Waals surface area contributed by atoms with Gasteiger partial charge in [-0.2, -0.15) is 5.10 Å². The average Bonchev–Trinajstić information content (AvgIpc) is 3.34. The summed E-state index contributed by atoms with van der Waals surface area (Å²) in [7, 11) is 0. The second kappa shape index (κ2) is 7.11. The smallest absolute Gasteiger partial charge is 0.320 e. The van der Waals surface area contributed by atoms with Gasteiger partial charge in [-0.1, -0.05) is 12.8 Å². The zero-order valence-corrected chi connectivity index (χ0v) is 14.7. The minimum atomic E-state index is -0.213. The van der Waals surface area contributed by atoms with Crippen LogP contribution in [0.1, 0.15) is 32.6 Å². The Balaban J connectivity index is 1.48. The predicted octanol–water partition coefficient (Wildman–Crippen LogP) is 3.72. The summed E-state index contributed by atoms with van der Waals surface area (Å²) in [6.45, 7) is 2.07. The van der Waals surface area contributed by atoms with Crippen molar-refractivity contribution in [3.05, 3.63) is 36.8 Å². The third-order valence-electron chi connectivity index (χ3n) is 5.08. The first-order chi connectivity index (χ1) is 12.7. The molecule has 3 N–H and O–H groups in total. The van der Waals surface area contributed by atoms with E-state index in [-0.39, 0.29) is 12.1 Å². The van der Waals surface area contributed by atoms with Crippen molar-refractivity contribution < 1.29 is 4.79 Å². The van der Waals surface area contributed by atoms with Crippen LogP contribution < -0.4 is 10.6 Å². The molecule has 1 aliphatic carbocycles. The van der Waals surface area contributed by atoms with Crippen LogP contribution in [0.3, 0.4) is 0 Å². The van der Waals surface area contributed by atoms with Gasteiger partial charge >= 0.3 is 6.03 Å². The molecule has 0 aromatic carbocycles. The number of nitrogens with one attached hydrogen (secondary N) is 3. The maximum atomic E-state index is 12.3. The van der Waals surface area contributed by atoms with E-state index in [1.807, 2.05) is 18.3 Å². The minimum absolute atomic E-state index is 0.173. The SMILES string of the molecule is C[C@@H](NC(=O)Nc1ccc2ncc(-c3cn[nH]c3)cc2n1)C1CCCC1. The lowest BCUT2D eigenvalue weighted by Crippen LogP contribution is -2.40. The van der Waals surface area contributed by atoms with Crippen molar-refractivity contribution in [1.29, 1.82) is 0 Å². The van der Waals surface area contributed by atoms with Gasteiger partial charge in [0.25, 0.3) is 0 Å². The molecule has 4 rings (SSSR count). The Morgan fingerprint density at radius 2 is 2.04 bits per heavy atom. The van der Waals surface area contributed by atoms with Gasteiger partial charge in [0.05, 0.1) is 17.2 Å². The van der Waals surface area contributed by atoms with Gasteiger partial charge < -0.3 is 5.32 Å². The molecule has 0 spiro atoms. The minimum Gasteiger partial charge on any atom is -0.335 e. The third-order valence-corrected chi connectivity index (χ3v) is 5.08. The van der Waals surface area contributed by atoms with Crippen LogP contribution in [0.15, 0.2) is 36.8 Å². The van der Waals surface area contributed by atoms with Crippen LogP contribution >= 0.6 is 0 Å². The zero-order chi connectivity index (χ0) is 17.9. The van der Waals surface area contributed by atoms with Crippen molar-refractivity contribution in [2.45, 2.75) is 38.6 Å². The normalized spacial score (nSPS) is 15.9. The van der Waals surface area contributed by atoms with Gasteiger partial charge in [0.2, 0.25) is 0 Å². The largest absolute Gasteiger partial charge is 0.335 e. The van der Waals surface area contributed by atoms with E-state index in [2.05, 4.69) is 37.7 Å². The number of carbonyl (C=O) groups excluding carboxylic acids is 1. The Morgan fingerprint density at radius 1 is 1.19 bits per heavy atom. The summed E-state index contributed by atoms with van der Waals surface area (Å²) in [4.78, 5) is 21.2. The number of anilines is 1. The molecule has 7 nitrogen and oxygen atoms in total. The van der Waals surface area contributed by atoms with Crippen molar-refractivity contribution in [2.75, 3.05) is 5.32 Å². The first-order valence-electron chi connectivity index (χ1n) is 9.02. The summed E-state index contributed by atoms with van der Waals surface area (Å²) >= 11 is 0. The van der Waals surface area contributed by atoms with Gasteiger partial charge in [-0.05, 0) is 43.9 Å². The van der Waals surface area contributed by atoms with Crippen LogP contribution in [0.5, 0.6) is 0 Å². The number of rotatable bonds is 4. The van der Waals surface area contributed by atoms with Crippen molar-refractivity contribution in [3.63, 3.8) is 0 Å². The lowest BCUT2D eigenvalue weighted by atomic mass is 10.0. The van der Waals surface area contributed by atoms with E-state index in [1.165, 1.54) is 25.7 Å². The molecule has 1 saturated carbocycles. The summed E-state index contributed by atoms with van der Waals surface area (Å²) in [5.74, 6) is 1.09. The fourth-order valence-electron chi connectivity index (χ4n) is 3.58. The van der Waals surface area contributed by atoms with Crippen LogP contribution in [-0.2, 0) is 0 Å². The van der Waals surface area contributed by atoms with Gasteiger partial charge in [-0.15, -0.1) is 0 Å². The highest BCUT2D eigenvalue weighted by molar-refractivity contribution is 5.90. The third kappa shape index (κ3) is 3.51. The molecule has 3 heterocycles. The molecule has 26 heavy (non-hydrogen) atoms. The Labute approximate surface area is 151 Å². The molecule has 3 aromatic rings. The fraction of sp³-hybridized carbons (Fsp3) is 0.368. The molecule has 1 aliphatic rings. The van der Waals surface area contributed by atoms with Gasteiger partial charge in [0, 0.05) is 29.6 Å². The highest BCUT2D eigenvalue weighted by Gasteiger charge is 2.22. The van der Waals surface area contributed by atoms with Crippen LogP contribution in [0, 0.1) is 5.92 Å². The number of fused-ring (bicyclic) bond motifs is 1. The molecule has 1 fully saturated rings. The van der Waals surface area contributed by atoms with Crippen LogP contribution in [-0.4, -0.2) is 32.2 Å². The Morgan fingerprint density at radius 3 is 2.81 bits per heavy atom. The molecule has 0 aliphatic heterocycles. The predicted molar refractivity (Wildman–Crippen MR) is 101 cm³/mol. The van der Waals surface area contributed by atoms with Crippen LogP contribution in [0.4, 0.5) is 10.6 Å². The number of H-pyrrole nitrogens is 1. The molecule has 0 bridgehead atoms. The molecule has 0 saturated heterocycles. The molecule has 2 amide bonds. The van der Waals surface area contributed by atoms with E-state index in [0.29, 0.717) is 11.7 Å². The van der Waals surface area contributed by atoms with Crippen LogP contribution in [0.25, 0.3) is 22.2 Å². The molecule has 7 heteroatoms. The number of hydrogen-bond acceptors (Lipinski definition) is 4. The fourth-order valence-corrected chi connectivity index (χ4v) is 3.58. The number of carbonyl (C=O) groups is 1. The van der Waals surface area contributed by atoms with Gasteiger partial charge in [0.15, 0.2) is 0 Å². The van der Waals surface area contributed by atoms with Crippen molar-refractivity contribution in [3.8, 4) is 11.1 Å². The second-order valence-electron chi connectivity index (χ2n) is 6.88. The first-order valence-corrected chi connectivity index (χ1v) is 9.02. The Kier molecular flexibility index (Phi) is 4.51. The van der Waals surface area contributed by atoms with E-state index >= 15 is 0 Å². The maximum Gasteiger partial charge on any atom is 0.320 e. The van der Waals surface area contributed by atoms with Crippen molar-refractivity contribution in [1.82, 2.24) is 25.5 Å². The summed E-state index contributed by atoms with van der Waals surface area (Å²) in [6, 6.07) is 5.53. The summed E-state index contributed by atoms with van der Waals surface area (Å²) < 4.78 is 0. The standard InChI is InChI=1S/C19H22N6O/c1-12(13-4-2-3-5-13)23-19(26)25-18-7-6-16-17(24-18)8-14(9-20-16)15-10-21-22-11-15/h6-13H,2-5H2,1H3,(H,21,22)(H2,23,24,25,26)/t12-/m1/s1. The van der Waals surface area contributed by atoms with Crippen LogP contribution in [0.2, 0.25) is 0 Å². The van der Waals surface area contributed by atoms with E-state index in [4.69, 9.17) is 0 Å². The number of aromatic nitrogens is 4. The summed E-state index contributed by atoms with van der Waals surface area (Å²) in [5, 5.41) is 12.6. The van der Waals surface area contributed by atoms with E-state index in [1.54, 1.807) is 18.5 Å². The van der Waals surface area contributed by atoms with E-state index in [0.717, 1.165) is 22.2 Å². The highest BCUT2D eigenvalue weighted by Crippen LogP contribution is 2.27. The zero-order valence-electron chi connectivity index (χ0n) is 14.7. The summed E-state index contributed by atoms with van der Waals surface area (Å²) in [6.07, 6.45) is 10.2. The van der Waals surface area contributed by atoms with Gasteiger partial charge in [-0.25, -0.2) is 9.78 Å². The number of urea groups is 1. The number of amides is 2. The van der Waals surface area contributed by atoms with Gasteiger partial charge in [-0.3, -0.25) is 15.4 Å². The molecule has 0 unspecified atom stereocenters. The maximum absolute atomic E-state index is 12.3. The average molecular weight is 350 g/mol. The van der Waals surface area contributed by atoms with Crippen molar-refractivity contribution in [2.24, 2.45) is 5.92 Å².